The van der Waals surface area contributed by atoms with E-state index in [-0.39, 0.29) is 11.1 Å². The lowest BCUT2D eigenvalue weighted by molar-refractivity contribution is 0.410. The van der Waals surface area contributed by atoms with Crippen LogP contribution in [0, 0.1) is 12.3 Å². The van der Waals surface area contributed by atoms with E-state index in [1.54, 1.807) is 26.8 Å². The molecule has 6 aromatic rings. The third-order valence-corrected chi connectivity index (χ3v) is 6.08. The lowest BCUT2D eigenvalue weighted by Gasteiger charge is -2.20. The molecule has 0 amide bonds. The number of aryl methyl sites for hydroxylation is 1. The summed E-state index contributed by atoms with van der Waals surface area (Å²) in [4.78, 5) is 4.51. The van der Waals surface area contributed by atoms with Crippen LogP contribution >= 0.6 is 0 Å². The summed E-state index contributed by atoms with van der Waals surface area (Å²) < 4.78 is 48.3. The maximum absolute atomic E-state index is 8.87. The fourth-order valence-electron chi connectivity index (χ4n) is 4.66. The molecule has 0 saturated heterocycles. The molecule has 6 rings (SSSR count). The minimum absolute atomic E-state index is 0.0733. The molecule has 2 heterocycles. The predicted octanol–water partition coefficient (Wildman–Crippen LogP) is 8.85. The number of pyridine rings is 1. The number of para-hydroxylation sites is 1. The molecule has 0 saturated carbocycles. The second-order valence-electron chi connectivity index (χ2n) is 9.60. The van der Waals surface area contributed by atoms with Gasteiger partial charge in [-0.25, -0.2) is 0 Å². The molecule has 0 unspecified atom stereocenters. The van der Waals surface area contributed by atoms with E-state index < -0.39 is 18.6 Å². The molecule has 162 valence electrons. The van der Waals surface area contributed by atoms with Crippen LogP contribution in [0.1, 0.15) is 38.8 Å². The molecular weight excluding hydrogens is 402 g/mol. The molecule has 2 aromatic heterocycles. The van der Waals surface area contributed by atoms with Gasteiger partial charge >= 0.3 is 0 Å². The summed E-state index contributed by atoms with van der Waals surface area (Å²) in [7, 11) is 0. The summed E-state index contributed by atoms with van der Waals surface area (Å²) in [6, 6.07) is 24.1. The minimum Gasteiger partial charge on any atom is -0.455 e. The predicted molar refractivity (Wildman–Crippen MR) is 140 cm³/mol. The van der Waals surface area contributed by atoms with Crippen LogP contribution in [0.3, 0.4) is 0 Å². The van der Waals surface area contributed by atoms with Gasteiger partial charge in [0.25, 0.3) is 0 Å². The van der Waals surface area contributed by atoms with Crippen molar-refractivity contribution in [1.29, 1.82) is 0 Å². The minimum atomic E-state index is -2.49. The van der Waals surface area contributed by atoms with Gasteiger partial charge < -0.3 is 4.42 Å². The van der Waals surface area contributed by atoms with E-state index in [9.17, 15) is 0 Å². The average molecular weight is 435 g/mol. The Hall–Kier alpha value is -3.65. The Bertz CT molecular complexity index is 1880. The third-order valence-electron chi connectivity index (χ3n) is 6.08. The van der Waals surface area contributed by atoms with E-state index in [0.717, 1.165) is 37.9 Å². The van der Waals surface area contributed by atoms with E-state index >= 15 is 0 Å². The monoisotopic (exact) mass is 434 g/mol. The zero-order valence-electron chi connectivity index (χ0n) is 23.9. The molecule has 0 radical (unpaired) electrons. The maximum atomic E-state index is 8.87. The molecule has 0 fully saturated rings. The van der Waals surface area contributed by atoms with Crippen molar-refractivity contribution >= 4 is 43.5 Å². The second-order valence-corrected chi connectivity index (χ2v) is 9.60. The summed E-state index contributed by atoms with van der Waals surface area (Å²) in [6.45, 7) is 2.81. The molecule has 0 atom stereocenters. The van der Waals surface area contributed by atoms with Gasteiger partial charge in [0.1, 0.15) is 11.2 Å². The largest absolute Gasteiger partial charge is 0.455 e. The van der Waals surface area contributed by atoms with Crippen LogP contribution in [0.4, 0.5) is 0 Å². The quantitative estimate of drug-likeness (QED) is 0.254. The van der Waals surface area contributed by atoms with Gasteiger partial charge in [0, 0.05) is 34.8 Å². The fourth-order valence-corrected chi connectivity index (χ4v) is 4.66. The van der Waals surface area contributed by atoms with Gasteiger partial charge in [-0.15, -0.1) is 0 Å². The molecule has 4 aromatic carbocycles. The standard InChI is InChI=1S/C31H27NO/c1-19-18-32-28(16-21(19)17-31(2,3)4)27-11-7-10-24-26-15-14-23-22-9-6-5-8-20(22)12-13-25(23)29(26)33-30(24)27/h5-16,18H,17H2,1-4H3/i1D3,17D2. The van der Waals surface area contributed by atoms with Gasteiger partial charge in [-0.1, -0.05) is 69.3 Å². The van der Waals surface area contributed by atoms with Crippen LogP contribution in [0.25, 0.3) is 54.7 Å². The molecular formula is C31H27NO. The van der Waals surface area contributed by atoms with E-state index in [4.69, 9.17) is 11.3 Å². The van der Waals surface area contributed by atoms with Crippen LogP contribution in [-0.4, -0.2) is 4.98 Å². The zero-order chi connectivity index (χ0) is 27.0. The van der Waals surface area contributed by atoms with Crippen molar-refractivity contribution in [3.63, 3.8) is 0 Å². The Morgan fingerprint density at radius 2 is 1.55 bits per heavy atom. The summed E-state index contributed by atoms with van der Waals surface area (Å²) in [5.74, 6) is 0. The Morgan fingerprint density at radius 3 is 2.39 bits per heavy atom. The first-order chi connectivity index (χ1) is 17.9. The molecule has 0 bridgehead atoms. The lowest BCUT2D eigenvalue weighted by Crippen LogP contribution is -2.10. The van der Waals surface area contributed by atoms with Crippen molar-refractivity contribution in [2.45, 2.75) is 34.0 Å². The Balaban J connectivity index is 1.63. The number of furan rings is 1. The first-order valence-electron chi connectivity index (χ1n) is 13.6. The molecule has 2 nitrogen and oxygen atoms in total. The normalized spacial score (nSPS) is 15.4. The van der Waals surface area contributed by atoms with Gasteiger partial charge in [-0.2, -0.15) is 0 Å². The lowest BCUT2D eigenvalue weighted by atomic mass is 9.86. The zero-order valence-corrected chi connectivity index (χ0v) is 18.9. The molecule has 0 aliphatic heterocycles. The first-order valence-corrected chi connectivity index (χ1v) is 11.1. The number of nitrogens with zero attached hydrogens (tertiary/aromatic N) is 1. The van der Waals surface area contributed by atoms with Crippen LogP contribution in [0.5, 0.6) is 0 Å². The summed E-state index contributed by atoms with van der Waals surface area (Å²) in [5.41, 5.74) is 1.80. The highest BCUT2D eigenvalue weighted by molar-refractivity contribution is 6.21. The number of hydrogen-bond donors (Lipinski definition) is 0. The van der Waals surface area contributed by atoms with Crippen LogP contribution in [0.2, 0.25) is 0 Å². The second kappa shape index (κ2) is 7.18. The Labute approximate surface area is 200 Å². The Morgan fingerprint density at radius 1 is 0.818 bits per heavy atom. The molecule has 0 aliphatic rings. The van der Waals surface area contributed by atoms with Crippen LogP contribution in [0.15, 0.2) is 83.4 Å². The topological polar surface area (TPSA) is 26.0 Å². The van der Waals surface area contributed by atoms with Crippen LogP contribution < -0.4 is 0 Å². The Kier molecular flexibility index (Phi) is 3.31. The molecule has 2 heteroatoms. The number of hydrogen-bond acceptors (Lipinski definition) is 2. The number of benzene rings is 4. The fraction of sp³-hybridized carbons (Fsp3) is 0.194. The van der Waals surface area contributed by atoms with Crippen molar-refractivity contribution in [3.05, 3.63) is 90.1 Å². The molecule has 0 N–H and O–H groups in total. The van der Waals surface area contributed by atoms with Crippen molar-refractivity contribution in [2.24, 2.45) is 5.41 Å². The van der Waals surface area contributed by atoms with Crippen molar-refractivity contribution in [1.82, 2.24) is 4.98 Å². The highest BCUT2D eigenvalue weighted by atomic mass is 16.3. The number of aromatic nitrogens is 1. The van der Waals surface area contributed by atoms with E-state index in [0.29, 0.717) is 16.8 Å². The van der Waals surface area contributed by atoms with Crippen molar-refractivity contribution in [2.75, 3.05) is 0 Å². The van der Waals surface area contributed by atoms with Gasteiger partial charge in [-0.05, 0) is 70.2 Å². The number of rotatable bonds is 2. The SMILES string of the molecule is [2H]C([2H])([2H])c1cnc(-c2cccc3c2oc2c3ccc3c4ccccc4ccc32)cc1C([2H])([2H])C(C)(C)C. The highest BCUT2D eigenvalue weighted by Gasteiger charge is 2.18. The van der Waals surface area contributed by atoms with Crippen molar-refractivity contribution in [3.8, 4) is 11.3 Å². The smallest absolute Gasteiger partial charge is 0.144 e. The van der Waals surface area contributed by atoms with Gasteiger partial charge in [0.2, 0.25) is 0 Å². The average Bonchev–Trinajstić information content (AvgIpc) is 3.26. The van der Waals surface area contributed by atoms with Crippen LogP contribution in [-0.2, 0) is 6.37 Å². The first kappa shape index (κ1) is 15.2. The number of fused-ring (bicyclic) bond motifs is 7. The maximum Gasteiger partial charge on any atom is 0.144 e. The van der Waals surface area contributed by atoms with Crippen molar-refractivity contribution < 1.29 is 11.3 Å². The van der Waals surface area contributed by atoms with E-state index in [2.05, 4.69) is 41.4 Å². The van der Waals surface area contributed by atoms with Gasteiger partial charge in [-0.3, -0.25) is 4.98 Å². The van der Waals surface area contributed by atoms with E-state index in [1.165, 1.54) is 6.20 Å². The summed E-state index contributed by atoms with van der Waals surface area (Å²) in [5, 5.41) is 6.35. The summed E-state index contributed by atoms with van der Waals surface area (Å²) in [6.07, 6.45) is -0.613. The van der Waals surface area contributed by atoms with Gasteiger partial charge in [0.05, 0.1) is 5.69 Å². The molecule has 0 aliphatic carbocycles. The summed E-state index contributed by atoms with van der Waals surface area (Å²) >= 11 is 0. The third kappa shape index (κ3) is 3.29. The van der Waals surface area contributed by atoms with Gasteiger partial charge in [0.15, 0.2) is 0 Å². The highest BCUT2D eigenvalue weighted by Crippen LogP contribution is 2.40. The molecule has 0 spiro atoms. The molecule has 33 heavy (non-hydrogen) atoms. The van der Waals surface area contributed by atoms with E-state index in [1.807, 2.05) is 30.3 Å².